The standard InChI is InChI=1S/C23H17ClN6/c1-14-10-20-21(28-22(27-20)15-4-2-6-17(24)11-15)12-19(14)30-23-26-9-7-18(29-23)16-5-3-8-25-13-16/h2-13H,1H3,(H,27,28)(H,26,29,30). The van der Waals surface area contributed by atoms with Crippen LogP contribution in [0.3, 0.4) is 0 Å². The Hall–Kier alpha value is -3.77. The van der Waals surface area contributed by atoms with E-state index in [1.54, 1.807) is 18.6 Å². The number of hydrogen-bond acceptors (Lipinski definition) is 5. The Balaban J connectivity index is 1.48. The third kappa shape index (κ3) is 3.60. The van der Waals surface area contributed by atoms with Gasteiger partial charge in [-0.1, -0.05) is 23.7 Å². The summed E-state index contributed by atoms with van der Waals surface area (Å²) in [4.78, 5) is 21.2. The number of pyridine rings is 1. The molecule has 0 bridgehead atoms. The topological polar surface area (TPSA) is 79.4 Å². The number of nitrogens with one attached hydrogen (secondary N) is 2. The molecular weight excluding hydrogens is 396 g/mol. The van der Waals surface area contributed by atoms with Crippen LogP contribution < -0.4 is 5.32 Å². The van der Waals surface area contributed by atoms with E-state index in [0.717, 1.165) is 44.9 Å². The third-order valence-electron chi connectivity index (χ3n) is 4.79. The molecule has 0 amide bonds. The summed E-state index contributed by atoms with van der Waals surface area (Å²) in [5, 5.41) is 3.99. The Morgan fingerprint density at radius 3 is 2.67 bits per heavy atom. The quantitative estimate of drug-likeness (QED) is 0.390. The van der Waals surface area contributed by atoms with Gasteiger partial charge in [-0.05, 0) is 55.0 Å². The van der Waals surface area contributed by atoms with Gasteiger partial charge in [-0.2, -0.15) is 0 Å². The maximum atomic E-state index is 6.12. The predicted molar refractivity (Wildman–Crippen MR) is 120 cm³/mol. The molecule has 0 aliphatic heterocycles. The zero-order valence-electron chi connectivity index (χ0n) is 16.1. The highest BCUT2D eigenvalue weighted by Gasteiger charge is 2.10. The smallest absolute Gasteiger partial charge is 0.227 e. The van der Waals surface area contributed by atoms with Crippen molar-refractivity contribution in [2.24, 2.45) is 0 Å². The molecule has 0 saturated heterocycles. The van der Waals surface area contributed by atoms with Gasteiger partial charge in [0.1, 0.15) is 5.82 Å². The molecule has 3 aromatic heterocycles. The van der Waals surface area contributed by atoms with Crippen LogP contribution in [0.25, 0.3) is 33.7 Å². The molecule has 0 fully saturated rings. The fourth-order valence-corrected chi connectivity index (χ4v) is 3.48. The summed E-state index contributed by atoms with van der Waals surface area (Å²) in [7, 11) is 0. The number of nitrogens with zero attached hydrogens (tertiary/aromatic N) is 4. The van der Waals surface area contributed by atoms with Crippen molar-refractivity contribution in [2.75, 3.05) is 5.32 Å². The monoisotopic (exact) mass is 412 g/mol. The van der Waals surface area contributed by atoms with Gasteiger partial charge in [-0.3, -0.25) is 4.98 Å². The maximum absolute atomic E-state index is 6.12. The molecule has 30 heavy (non-hydrogen) atoms. The van der Waals surface area contributed by atoms with Crippen molar-refractivity contribution in [3.05, 3.63) is 83.8 Å². The van der Waals surface area contributed by atoms with E-state index in [2.05, 4.69) is 31.3 Å². The van der Waals surface area contributed by atoms with Crippen LogP contribution in [0.1, 0.15) is 5.56 Å². The molecule has 0 atom stereocenters. The lowest BCUT2D eigenvalue weighted by molar-refractivity contribution is 1.16. The first kappa shape index (κ1) is 18.3. The molecule has 146 valence electrons. The number of rotatable bonds is 4. The van der Waals surface area contributed by atoms with Gasteiger partial charge in [0.2, 0.25) is 5.95 Å². The molecule has 5 aromatic rings. The minimum atomic E-state index is 0.518. The lowest BCUT2D eigenvalue weighted by atomic mass is 10.2. The molecule has 0 saturated carbocycles. The molecule has 0 radical (unpaired) electrons. The molecule has 7 heteroatoms. The molecular formula is C23H17ClN6. The zero-order chi connectivity index (χ0) is 20.5. The number of halogens is 1. The number of benzene rings is 2. The fourth-order valence-electron chi connectivity index (χ4n) is 3.29. The van der Waals surface area contributed by atoms with Crippen LogP contribution >= 0.6 is 11.6 Å². The van der Waals surface area contributed by atoms with Gasteiger partial charge in [-0.15, -0.1) is 0 Å². The number of imidazole rings is 1. The Kier molecular flexibility index (Phi) is 4.61. The molecule has 2 N–H and O–H groups in total. The van der Waals surface area contributed by atoms with Gasteiger partial charge in [-0.25, -0.2) is 15.0 Å². The van der Waals surface area contributed by atoms with E-state index in [-0.39, 0.29) is 0 Å². The minimum Gasteiger partial charge on any atom is -0.338 e. The van der Waals surface area contributed by atoms with Crippen LogP contribution in [0.4, 0.5) is 11.6 Å². The number of hydrogen-bond donors (Lipinski definition) is 2. The number of H-pyrrole nitrogens is 1. The molecule has 2 aromatic carbocycles. The van der Waals surface area contributed by atoms with Crippen LogP contribution in [-0.4, -0.2) is 24.9 Å². The molecule has 0 unspecified atom stereocenters. The number of aryl methyl sites for hydroxylation is 1. The average molecular weight is 413 g/mol. The summed E-state index contributed by atoms with van der Waals surface area (Å²) < 4.78 is 0. The zero-order valence-corrected chi connectivity index (χ0v) is 16.9. The SMILES string of the molecule is Cc1cc2[nH]c(-c3cccc(Cl)c3)nc2cc1Nc1nccc(-c2cccnc2)n1. The summed E-state index contributed by atoms with van der Waals surface area (Å²) in [6, 6.07) is 17.4. The van der Waals surface area contributed by atoms with E-state index < -0.39 is 0 Å². The van der Waals surface area contributed by atoms with Gasteiger partial charge >= 0.3 is 0 Å². The first-order chi connectivity index (χ1) is 14.7. The van der Waals surface area contributed by atoms with Crippen molar-refractivity contribution < 1.29 is 0 Å². The Bertz CT molecular complexity index is 1350. The largest absolute Gasteiger partial charge is 0.338 e. The van der Waals surface area contributed by atoms with Crippen LogP contribution in [0.5, 0.6) is 0 Å². The summed E-state index contributed by atoms with van der Waals surface area (Å²) >= 11 is 6.12. The van der Waals surface area contributed by atoms with E-state index in [1.165, 1.54) is 0 Å². The van der Waals surface area contributed by atoms with Gasteiger partial charge in [0, 0.05) is 40.4 Å². The highest BCUT2D eigenvalue weighted by molar-refractivity contribution is 6.30. The van der Waals surface area contributed by atoms with Gasteiger partial charge in [0.15, 0.2) is 0 Å². The molecule has 0 aliphatic rings. The summed E-state index contributed by atoms with van der Waals surface area (Å²) in [6.45, 7) is 2.03. The second kappa shape index (κ2) is 7.57. The molecule has 6 nitrogen and oxygen atoms in total. The van der Waals surface area contributed by atoms with E-state index in [0.29, 0.717) is 11.0 Å². The Morgan fingerprint density at radius 2 is 1.83 bits per heavy atom. The van der Waals surface area contributed by atoms with Gasteiger partial charge < -0.3 is 10.3 Å². The first-order valence-corrected chi connectivity index (χ1v) is 9.80. The lowest BCUT2D eigenvalue weighted by Crippen LogP contribution is -1.99. The predicted octanol–water partition coefficient (Wildman–Crippen LogP) is 5.79. The maximum Gasteiger partial charge on any atom is 0.227 e. The van der Waals surface area contributed by atoms with Crippen molar-refractivity contribution in [3.63, 3.8) is 0 Å². The first-order valence-electron chi connectivity index (χ1n) is 9.42. The third-order valence-corrected chi connectivity index (χ3v) is 5.02. The van der Waals surface area contributed by atoms with Crippen molar-refractivity contribution in [3.8, 4) is 22.6 Å². The summed E-state index contributed by atoms with van der Waals surface area (Å²) in [5.41, 5.74) is 6.45. The molecule has 5 rings (SSSR count). The van der Waals surface area contributed by atoms with Crippen molar-refractivity contribution >= 4 is 34.3 Å². The normalized spacial score (nSPS) is 11.0. The fraction of sp³-hybridized carbons (Fsp3) is 0.0435. The second-order valence-corrected chi connectivity index (χ2v) is 7.35. The second-order valence-electron chi connectivity index (χ2n) is 6.91. The number of aromatic nitrogens is 5. The highest BCUT2D eigenvalue weighted by Crippen LogP contribution is 2.28. The lowest BCUT2D eigenvalue weighted by Gasteiger charge is -2.09. The van der Waals surface area contributed by atoms with Crippen molar-refractivity contribution in [1.29, 1.82) is 0 Å². The van der Waals surface area contributed by atoms with Crippen LogP contribution in [-0.2, 0) is 0 Å². The van der Waals surface area contributed by atoms with E-state index in [1.807, 2.05) is 55.5 Å². The van der Waals surface area contributed by atoms with Crippen LogP contribution in [0, 0.1) is 6.92 Å². The van der Waals surface area contributed by atoms with Crippen molar-refractivity contribution in [2.45, 2.75) is 6.92 Å². The Morgan fingerprint density at radius 1 is 0.933 bits per heavy atom. The highest BCUT2D eigenvalue weighted by atomic mass is 35.5. The average Bonchev–Trinajstić information content (AvgIpc) is 3.18. The number of fused-ring (bicyclic) bond motifs is 1. The van der Waals surface area contributed by atoms with E-state index in [9.17, 15) is 0 Å². The molecule has 0 spiro atoms. The van der Waals surface area contributed by atoms with Crippen LogP contribution in [0.2, 0.25) is 5.02 Å². The van der Waals surface area contributed by atoms with Crippen LogP contribution in [0.15, 0.2) is 73.2 Å². The Labute approximate surface area is 178 Å². The van der Waals surface area contributed by atoms with Gasteiger partial charge in [0.25, 0.3) is 0 Å². The molecule has 0 aliphatic carbocycles. The van der Waals surface area contributed by atoms with Crippen molar-refractivity contribution in [1.82, 2.24) is 24.9 Å². The number of anilines is 2. The van der Waals surface area contributed by atoms with E-state index in [4.69, 9.17) is 16.6 Å². The molecule has 3 heterocycles. The van der Waals surface area contributed by atoms with Gasteiger partial charge in [0.05, 0.1) is 16.7 Å². The number of aromatic amines is 1. The summed E-state index contributed by atoms with van der Waals surface area (Å²) in [6.07, 6.45) is 5.26. The van der Waals surface area contributed by atoms with E-state index >= 15 is 0 Å². The minimum absolute atomic E-state index is 0.518. The summed E-state index contributed by atoms with van der Waals surface area (Å²) in [5.74, 6) is 1.29.